The summed E-state index contributed by atoms with van der Waals surface area (Å²) in [5, 5.41) is 7.22. The third-order valence-electron chi connectivity index (χ3n) is 5.41. The smallest absolute Gasteiger partial charge is 0.247 e. The van der Waals surface area contributed by atoms with Gasteiger partial charge in [-0.25, -0.2) is 9.67 Å². The number of benzene rings is 2. The average molecular weight is 403 g/mol. The minimum absolute atomic E-state index is 0.0387. The van der Waals surface area contributed by atoms with Crippen LogP contribution in [0.4, 0.5) is 0 Å². The van der Waals surface area contributed by atoms with Crippen LogP contribution in [0.2, 0.25) is 0 Å². The summed E-state index contributed by atoms with van der Waals surface area (Å²) in [5.41, 5.74) is 2.91. The second-order valence-corrected chi connectivity index (χ2v) is 7.44. The van der Waals surface area contributed by atoms with Crippen LogP contribution in [0, 0.1) is 0 Å². The molecular weight excluding hydrogens is 378 g/mol. The predicted molar refractivity (Wildman–Crippen MR) is 112 cm³/mol. The van der Waals surface area contributed by atoms with Crippen molar-refractivity contribution in [1.82, 2.24) is 25.0 Å². The predicted octanol–water partition coefficient (Wildman–Crippen LogP) is 2.70. The lowest BCUT2D eigenvalue weighted by Crippen LogP contribution is -2.45. The summed E-state index contributed by atoms with van der Waals surface area (Å²) in [6, 6.07) is 16.9. The van der Waals surface area contributed by atoms with Crippen molar-refractivity contribution in [3.63, 3.8) is 0 Å². The Kier molecular flexibility index (Phi) is 6.17. The molecule has 0 saturated carbocycles. The van der Waals surface area contributed by atoms with Gasteiger partial charge in [-0.05, 0) is 29.5 Å². The first-order valence-corrected chi connectivity index (χ1v) is 10.2. The maximum Gasteiger partial charge on any atom is 0.247 e. The summed E-state index contributed by atoms with van der Waals surface area (Å²) in [5.74, 6) is -0.121. The Morgan fingerprint density at radius 3 is 2.53 bits per heavy atom. The fourth-order valence-corrected chi connectivity index (χ4v) is 3.86. The zero-order valence-electron chi connectivity index (χ0n) is 16.8. The fraction of sp³-hybridized carbons (Fsp3) is 0.304. The highest BCUT2D eigenvalue weighted by atomic mass is 16.2. The quantitative estimate of drug-likeness (QED) is 0.658. The second-order valence-electron chi connectivity index (χ2n) is 7.44. The Bertz CT molecular complexity index is 988. The van der Waals surface area contributed by atoms with Crippen LogP contribution in [0.3, 0.4) is 0 Å². The molecule has 7 heteroatoms. The van der Waals surface area contributed by atoms with E-state index in [0.29, 0.717) is 26.1 Å². The van der Waals surface area contributed by atoms with E-state index in [2.05, 4.69) is 15.4 Å². The highest BCUT2D eigenvalue weighted by molar-refractivity contribution is 5.89. The Morgan fingerprint density at radius 2 is 1.80 bits per heavy atom. The molecule has 1 aliphatic rings. The van der Waals surface area contributed by atoms with Crippen molar-refractivity contribution in [2.45, 2.75) is 38.4 Å². The first kappa shape index (κ1) is 19.8. The molecular formula is C23H25N5O2. The third kappa shape index (κ3) is 4.56. The topological polar surface area (TPSA) is 80.1 Å². The minimum Gasteiger partial charge on any atom is -0.350 e. The minimum atomic E-state index is -0.610. The molecule has 0 bridgehead atoms. The molecule has 7 nitrogen and oxygen atoms in total. The molecule has 1 unspecified atom stereocenters. The summed E-state index contributed by atoms with van der Waals surface area (Å²) in [6.07, 6.45) is 5.47. The van der Waals surface area contributed by atoms with Gasteiger partial charge in [0.1, 0.15) is 18.7 Å². The van der Waals surface area contributed by atoms with E-state index < -0.39 is 6.04 Å². The van der Waals surface area contributed by atoms with Crippen LogP contribution in [0.5, 0.6) is 0 Å². The Balaban J connectivity index is 1.52. The van der Waals surface area contributed by atoms with Gasteiger partial charge in [0, 0.05) is 19.5 Å². The van der Waals surface area contributed by atoms with Crippen LogP contribution in [-0.2, 0) is 22.7 Å². The van der Waals surface area contributed by atoms with E-state index in [9.17, 15) is 9.59 Å². The van der Waals surface area contributed by atoms with Crippen LogP contribution >= 0.6 is 0 Å². The molecule has 0 spiro atoms. The van der Waals surface area contributed by atoms with Crippen molar-refractivity contribution < 1.29 is 9.59 Å². The summed E-state index contributed by atoms with van der Waals surface area (Å²) in [6.45, 7) is 1.57. The molecule has 2 aromatic carbocycles. The molecule has 3 aromatic rings. The van der Waals surface area contributed by atoms with Crippen molar-refractivity contribution >= 4 is 11.8 Å². The monoisotopic (exact) mass is 403 g/mol. The van der Waals surface area contributed by atoms with Crippen molar-refractivity contribution in [1.29, 1.82) is 0 Å². The largest absolute Gasteiger partial charge is 0.350 e. The molecule has 30 heavy (non-hydrogen) atoms. The van der Waals surface area contributed by atoms with Gasteiger partial charge in [0.15, 0.2) is 0 Å². The lowest BCUT2D eigenvalue weighted by atomic mass is 10.00. The first-order chi connectivity index (χ1) is 14.7. The summed E-state index contributed by atoms with van der Waals surface area (Å²) in [4.78, 5) is 31.5. The van der Waals surface area contributed by atoms with E-state index in [1.807, 2.05) is 54.6 Å². The SMILES string of the molecule is O=C(NCc1ccccc1Cn1cncn1)C(c1ccccc1)N1CCCCC1=O. The average Bonchev–Trinajstić information content (AvgIpc) is 3.29. The molecule has 0 radical (unpaired) electrons. The highest BCUT2D eigenvalue weighted by Gasteiger charge is 2.32. The van der Waals surface area contributed by atoms with E-state index in [4.69, 9.17) is 0 Å². The van der Waals surface area contributed by atoms with Gasteiger partial charge < -0.3 is 10.2 Å². The van der Waals surface area contributed by atoms with Crippen LogP contribution in [-0.4, -0.2) is 38.0 Å². The van der Waals surface area contributed by atoms with E-state index >= 15 is 0 Å². The molecule has 1 saturated heterocycles. The Hall–Kier alpha value is -3.48. The maximum absolute atomic E-state index is 13.3. The third-order valence-corrected chi connectivity index (χ3v) is 5.41. The number of carbonyl (C=O) groups excluding carboxylic acids is 2. The standard InChI is InChI=1S/C23H25N5O2/c29-21-12-6-7-13-28(21)22(18-8-2-1-3-9-18)23(30)25-14-19-10-4-5-11-20(19)15-27-17-24-16-26-27/h1-5,8-11,16-17,22H,6-7,12-15H2,(H,25,30). The molecule has 4 rings (SSSR count). The normalized spacial score (nSPS) is 15.1. The van der Waals surface area contributed by atoms with Gasteiger partial charge in [-0.2, -0.15) is 5.10 Å². The van der Waals surface area contributed by atoms with Crippen LogP contribution in [0.15, 0.2) is 67.3 Å². The van der Waals surface area contributed by atoms with Gasteiger partial charge >= 0.3 is 0 Å². The zero-order valence-corrected chi connectivity index (χ0v) is 16.8. The number of carbonyl (C=O) groups is 2. The molecule has 1 aromatic heterocycles. The summed E-state index contributed by atoms with van der Waals surface area (Å²) >= 11 is 0. The summed E-state index contributed by atoms with van der Waals surface area (Å²) < 4.78 is 1.75. The first-order valence-electron chi connectivity index (χ1n) is 10.2. The number of aromatic nitrogens is 3. The van der Waals surface area contributed by atoms with Crippen molar-refractivity contribution in [3.05, 3.63) is 83.9 Å². The number of nitrogens with zero attached hydrogens (tertiary/aromatic N) is 4. The van der Waals surface area contributed by atoms with Crippen LogP contribution in [0.25, 0.3) is 0 Å². The van der Waals surface area contributed by atoms with Gasteiger partial charge in [0.05, 0.1) is 6.54 Å². The van der Waals surface area contributed by atoms with E-state index in [0.717, 1.165) is 29.5 Å². The molecule has 1 aliphatic heterocycles. The molecule has 2 heterocycles. The fourth-order valence-electron chi connectivity index (χ4n) is 3.86. The molecule has 0 aliphatic carbocycles. The van der Waals surface area contributed by atoms with E-state index in [1.165, 1.54) is 6.33 Å². The van der Waals surface area contributed by atoms with Crippen molar-refractivity contribution in [3.8, 4) is 0 Å². The van der Waals surface area contributed by atoms with E-state index in [1.54, 1.807) is 15.9 Å². The number of amides is 2. The number of likely N-dealkylation sites (tertiary alicyclic amines) is 1. The van der Waals surface area contributed by atoms with Gasteiger partial charge in [0.2, 0.25) is 11.8 Å². The highest BCUT2D eigenvalue weighted by Crippen LogP contribution is 2.26. The van der Waals surface area contributed by atoms with Crippen LogP contribution in [0.1, 0.15) is 42.0 Å². The number of nitrogens with one attached hydrogen (secondary N) is 1. The zero-order chi connectivity index (χ0) is 20.8. The maximum atomic E-state index is 13.3. The number of rotatable bonds is 7. The van der Waals surface area contributed by atoms with Crippen molar-refractivity contribution in [2.24, 2.45) is 0 Å². The molecule has 1 N–H and O–H groups in total. The Labute approximate surface area is 175 Å². The second kappa shape index (κ2) is 9.35. The van der Waals surface area contributed by atoms with Gasteiger partial charge in [0.25, 0.3) is 0 Å². The lowest BCUT2D eigenvalue weighted by Gasteiger charge is -2.34. The Morgan fingerprint density at radius 1 is 1.03 bits per heavy atom. The van der Waals surface area contributed by atoms with Gasteiger partial charge in [-0.3, -0.25) is 9.59 Å². The van der Waals surface area contributed by atoms with Gasteiger partial charge in [-0.1, -0.05) is 54.6 Å². The number of hydrogen-bond donors (Lipinski definition) is 1. The van der Waals surface area contributed by atoms with E-state index in [-0.39, 0.29) is 11.8 Å². The van der Waals surface area contributed by atoms with Crippen molar-refractivity contribution in [2.75, 3.05) is 6.54 Å². The van der Waals surface area contributed by atoms with Crippen LogP contribution < -0.4 is 5.32 Å². The molecule has 1 atom stereocenters. The molecule has 154 valence electrons. The summed E-state index contributed by atoms with van der Waals surface area (Å²) in [7, 11) is 0. The number of hydrogen-bond acceptors (Lipinski definition) is 4. The molecule has 2 amide bonds. The van der Waals surface area contributed by atoms with Gasteiger partial charge in [-0.15, -0.1) is 0 Å². The number of piperidine rings is 1. The molecule has 1 fully saturated rings. The lowest BCUT2D eigenvalue weighted by molar-refractivity contribution is -0.142.